The lowest BCUT2D eigenvalue weighted by atomic mass is 10.1. The van der Waals surface area contributed by atoms with Crippen LogP contribution in [-0.4, -0.2) is 16.6 Å². The van der Waals surface area contributed by atoms with E-state index < -0.39 is 17.9 Å². The maximum Gasteiger partial charge on any atom is 0.573 e. The van der Waals surface area contributed by atoms with Crippen LogP contribution >= 0.6 is 0 Å². The van der Waals surface area contributed by atoms with Crippen molar-refractivity contribution in [3.8, 4) is 5.75 Å². The Kier molecular flexibility index (Phi) is 3.78. The van der Waals surface area contributed by atoms with Crippen molar-refractivity contribution in [2.45, 2.75) is 13.3 Å². The van der Waals surface area contributed by atoms with Gasteiger partial charge in [-0.25, -0.2) is 4.39 Å². The lowest BCUT2D eigenvalue weighted by molar-refractivity contribution is -0.274. The Hall–Kier alpha value is -2.31. The number of H-pyrrole nitrogens is 1. The predicted molar refractivity (Wildman–Crippen MR) is 65.4 cm³/mol. The zero-order chi connectivity index (χ0) is 14.8. The van der Waals surface area contributed by atoms with Crippen molar-refractivity contribution >= 4 is 11.9 Å². The first-order valence-electron chi connectivity index (χ1n) is 5.59. The maximum atomic E-state index is 13.8. The number of rotatable bonds is 3. The zero-order valence-electron chi connectivity index (χ0n) is 10.3. The average molecular weight is 286 g/mol. The van der Waals surface area contributed by atoms with Gasteiger partial charge >= 0.3 is 6.36 Å². The van der Waals surface area contributed by atoms with Gasteiger partial charge in [0, 0.05) is 17.3 Å². The topological polar surface area (TPSA) is 37.9 Å². The first-order valence-corrected chi connectivity index (χ1v) is 5.59. The summed E-state index contributed by atoms with van der Waals surface area (Å²) in [6.07, 6.45) is -3.58. The lowest BCUT2D eigenvalue weighted by Crippen LogP contribution is -2.16. The van der Waals surface area contributed by atoms with Crippen LogP contribution in [0.5, 0.6) is 5.75 Å². The zero-order valence-corrected chi connectivity index (χ0v) is 10.3. The smallest absolute Gasteiger partial charge is 0.406 e. The van der Waals surface area contributed by atoms with E-state index >= 15 is 0 Å². The van der Waals surface area contributed by atoms with Gasteiger partial charge in [-0.1, -0.05) is 0 Å². The molecule has 1 aromatic heterocycles. The summed E-state index contributed by atoms with van der Waals surface area (Å²) in [4.78, 5) is 0. The first kappa shape index (κ1) is 14.1. The van der Waals surface area contributed by atoms with Gasteiger partial charge in [-0.05, 0) is 37.3 Å². The third-order valence-corrected chi connectivity index (χ3v) is 2.36. The van der Waals surface area contributed by atoms with Crippen LogP contribution in [0, 0.1) is 6.92 Å². The van der Waals surface area contributed by atoms with E-state index in [0.717, 1.165) is 17.8 Å². The van der Waals surface area contributed by atoms with Crippen LogP contribution in [0.1, 0.15) is 17.0 Å². The van der Waals surface area contributed by atoms with Gasteiger partial charge in [0.05, 0.1) is 5.69 Å². The number of aromatic nitrogens is 2. The Morgan fingerprint density at radius 2 is 1.90 bits per heavy atom. The second kappa shape index (κ2) is 5.36. The molecule has 2 aromatic rings. The minimum atomic E-state index is -4.76. The van der Waals surface area contributed by atoms with E-state index in [9.17, 15) is 17.6 Å². The minimum Gasteiger partial charge on any atom is -0.406 e. The molecule has 0 radical (unpaired) electrons. The van der Waals surface area contributed by atoms with Crippen LogP contribution in [0.25, 0.3) is 11.9 Å². The summed E-state index contributed by atoms with van der Waals surface area (Å²) in [6.45, 7) is 1.77. The molecule has 7 heteroatoms. The van der Waals surface area contributed by atoms with Gasteiger partial charge in [0.25, 0.3) is 0 Å². The van der Waals surface area contributed by atoms with Gasteiger partial charge in [0.15, 0.2) is 0 Å². The van der Waals surface area contributed by atoms with E-state index in [1.807, 2.05) is 0 Å². The van der Waals surface area contributed by atoms with Gasteiger partial charge < -0.3 is 4.74 Å². The van der Waals surface area contributed by atoms with E-state index in [0.29, 0.717) is 5.69 Å². The first-order chi connectivity index (χ1) is 9.33. The summed E-state index contributed by atoms with van der Waals surface area (Å²) in [5, 5.41) is 6.49. The van der Waals surface area contributed by atoms with E-state index in [2.05, 4.69) is 14.9 Å². The molecule has 106 valence electrons. The Bertz CT molecular complexity index is 614. The van der Waals surface area contributed by atoms with Crippen LogP contribution in [0.15, 0.2) is 30.3 Å². The van der Waals surface area contributed by atoms with Gasteiger partial charge in [-0.2, -0.15) is 5.10 Å². The van der Waals surface area contributed by atoms with Crippen molar-refractivity contribution < 1.29 is 22.3 Å². The predicted octanol–water partition coefficient (Wildman–Crippen LogP) is 4.08. The second-order valence-electron chi connectivity index (χ2n) is 4.04. The van der Waals surface area contributed by atoms with Crippen LogP contribution in [-0.2, 0) is 0 Å². The van der Waals surface area contributed by atoms with Crippen molar-refractivity contribution in [1.29, 1.82) is 0 Å². The third kappa shape index (κ3) is 3.84. The molecule has 0 atom stereocenters. The molecule has 0 spiro atoms. The lowest BCUT2D eigenvalue weighted by Gasteiger charge is -2.08. The fourth-order valence-corrected chi connectivity index (χ4v) is 1.54. The molecule has 0 saturated carbocycles. The molecule has 1 heterocycles. The summed E-state index contributed by atoms with van der Waals surface area (Å²) in [6, 6.07) is 6.14. The standard InChI is InChI=1S/C13H10F4N2O/c1-8-6-10(19-18-8)7-12(14)9-2-4-11(5-3-9)20-13(15,16)17/h2-7H,1H3,(H,18,19). The van der Waals surface area contributed by atoms with Crippen molar-refractivity contribution in [1.82, 2.24) is 10.2 Å². The van der Waals surface area contributed by atoms with Gasteiger partial charge in [0.1, 0.15) is 11.6 Å². The molecule has 0 aliphatic heterocycles. The molecule has 1 aromatic carbocycles. The second-order valence-corrected chi connectivity index (χ2v) is 4.04. The monoisotopic (exact) mass is 286 g/mol. The average Bonchev–Trinajstić information content (AvgIpc) is 2.73. The molecular formula is C13H10F4N2O. The highest BCUT2D eigenvalue weighted by Crippen LogP contribution is 2.25. The molecule has 20 heavy (non-hydrogen) atoms. The summed E-state index contributed by atoms with van der Waals surface area (Å²) in [7, 11) is 0. The summed E-state index contributed by atoms with van der Waals surface area (Å²) in [5.41, 5.74) is 1.31. The Morgan fingerprint density at radius 3 is 2.40 bits per heavy atom. The summed E-state index contributed by atoms with van der Waals surface area (Å²) < 4.78 is 53.5. The number of nitrogens with zero attached hydrogens (tertiary/aromatic N) is 1. The Labute approximate surface area is 111 Å². The number of hydrogen-bond donors (Lipinski definition) is 1. The van der Waals surface area contributed by atoms with Crippen molar-refractivity contribution in [2.24, 2.45) is 0 Å². The third-order valence-electron chi connectivity index (χ3n) is 2.36. The van der Waals surface area contributed by atoms with Crippen LogP contribution < -0.4 is 4.74 Å². The quantitative estimate of drug-likeness (QED) is 0.863. The Balaban J connectivity index is 2.15. The minimum absolute atomic E-state index is 0.139. The highest BCUT2D eigenvalue weighted by atomic mass is 19.4. The van der Waals surface area contributed by atoms with Gasteiger partial charge in [0.2, 0.25) is 0 Å². The molecule has 0 unspecified atom stereocenters. The van der Waals surface area contributed by atoms with Crippen LogP contribution in [0.3, 0.4) is 0 Å². The molecule has 0 aliphatic carbocycles. The number of benzene rings is 1. The number of halogens is 4. The molecule has 0 amide bonds. The number of aryl methyl sites for hydroxylation is 1. The fraction of sp³-hybridized carbons (Fsp3) is 0.154. The van der Waals surface area contributed by atoms with E-state index in [4.69, 9.17) is 0 Å². The molecule has 0 bridgehead atoms. The SMILES string of the molecule is Cc1cc(C=C(F)c2ccc(OC(F)(F)F)cc2)n[nH]1. The van der Waals surface area contributed by atoms with E-state index in [1.165, 1.54) is 18.2 Å². The molecular weight excluding hydrogens is 276 g/mol. The highest BCUT2D eigenvalue weighted by molar-refractivity contribution is 5.75. The molecule has 3 nitrogen and oxygen atoms in total. The number of aromatic amines is 1. The molecule has 0 saturated heterocycles. The van der Waals surface area contributed by atoms with Crippen molar-refractivity contribution in [3.05, 3.63) is 47.3 Å². The van der Waals surface area contributed by atoms with Crippen molar-refractivity contribution in [2.75, 3.05) is 0 Å². The number of ether oxygens (including phenoxy) is 1. The number of alkyl halides is 3. The molecule has 1 N–H and O–H groups in total. The van der Waals surface area contributed by atoms with Crippen molar-refractivity contribution in [3.63, 3.8) is 0 Å². The molecule has 0 aliphatic rings. The number of hydrogen-bond acceptors (Lipinski definition) is 2. The normalized spacial score (nSPS) is 12.6. The molecule has 0 fully saturated rings. The summed E-state index contributed by atoms with van der Waals surface area (Å²) >= 11 is 0. The Morgan fingerprint density at radius 1 is 1.25 bits per heavy atom. The fourth-order valence-electron chi connectivity index (χ4n) is 1.54. The largest absolute Gasteiger partial charge is 0.573 e. The van der Waals surface area contributed by atoms with Gasteiger partial charge in [-0.3, -0.25) is 5.10 Å². The highest BCUT2D eigenvalue weighted by Gasteiger charge is 2.30. The van der Waals surface area contributed by atoms with E-state index in [1.54, 1.807) is 13.0 Å². The number of nitrogens with one attached hydrogen (secondary N) is 1. The van der Waals surface area contributed by atoms with E-state index in [-0.39, 0.29) is 5.56 Å². The van der Waals surface area contributed by atoms with Gasteiger partial charge in [-0.15, -0.1) is 13.2 Å². The van der Waals surface area contributed by atoms with Crippen LogP contribution in [0.4, 0.5) is 17.6 Å². The summed E-state index contributed by atoms with van der Waals surface area (Å²) in [5.74, 6) is -1.00. The van der Waals surface area contributed by atoms with Crippen LogP contribution in [0.2, 0.25) is 0 Å². The molecule has 2 rings (SSSR count). The maximum absolute atomic E-state index is 13.8.